The number of H-pyrrole nitrogens is 1. The van der Waals surface area contributed by atoms with Gasteiger partial charge in [0.2, 0.25) is 12.7 Å². The molecular weight excluding hydrogens is 584 g/mol. The predicted octanol–water partition coefficient (Wildman–Crippen LogP) is 3.94. The molecule has 2 aliphatic heterocycles. The fourth-order valence-electron chi connectivity index (χ4n) is 5.25. The maximum atomic E-state index is 13.3. The van der Waals surface area contributed by atoms with E-state index in [4.69, 9.17) is 18.9 Å². The summed E-state index contributed by atoms with van der Waals surface area (Å²) in [6, 6.07) is 8.50. The number of alkyl carbamates (subject to hydrolysis) is 1. The standard InChI is InChI=1S/C32H38N4O9/c1-31(2,3)26(28(38)36-11-7-10-22(36)29(39)40)35-30(41)43-16-32(4,5)15-42-19-9-6-8-18(12-19)25-27(37)34-21-14-24-23(44-17-45-24)13-20(21)33-25/h6,8-9,12-14,22,26H,7,10-11,15-17H2,1-5H3,(H,34,37)(H,35,41)(H,39,40)/t22-,26+/m0/s1. The minimum atomic E-state index is -1.06. The Labute approximate surface area is 259 Å². The third-order valence-electron chi connectivity index (χ3n) is 7.71. The number of fused-ring (bicyclic) bond motifs is 2. The number of benzene rings is 2. The van der Waals surface area contributed by atoms with Crippen LogP contribution in [0.5, 0.6) is 17.2 Å². The highest BCUT2D eigenvalue weighted by Gasteiger charge is 2.42. The molecule has 1 fully saturated rings. The van der Waals surface area contributed by atoms with Crippen molar-refractivity contribution in [2.45, 2.75) is 59.5 Å². The molecule has 1 saturated heterocycles. The molecule has 0 bridgehead atoms. The Hall–Kier alpha value is -4.81. The van der Waals surface area contributed by atoms with Gasteiger partial charge in [-0.05, 0) is 30.4 Å². The van der Waals surface area contributed by atoms with Gasteiger partial charge in [0.25, 0.3) is 5.56 Å². The molecule has 13 nitrogen and oxygen atoms in total. The van der Waals surface area contributed by atoms with Crippen molar-refractivity contribution in [3.63, 3.8) is 0 Å². The van der Waals surface area contributed by atoms with Crippen molar-refractivity contribution >= 4 is 29.0 Å². The third kappa shape index (κ3) is 7.13. The van der Waals surface area contributed by atoms with Crippen LogP contribution in [-0.2, 0) is 14.3 Å². The first-order valence-corrected chi connectivity index (χ1v) is 14.8. The first-order chi connectivity index (χ1) is 21.2. The molecule has 3 N–H and O–H groups in total. The van der Waals surface area contributed by atoms with Gasteiger partial charge < -0.3 is 39.3 Å². The van der Waals surface area contributed by atoms with E-state index in [1.54, 1.807) is 57.2 Å². The lowest BCUT2D eigenvalue weighted by atomic mass is 9.85. The van der Waals surface area contributed by atoms with E-state index in [2.05, 4.69) is 15.3 Å². The zero-order valence-electron chi connectivity index (χ0n) is 26.0. The van der Waals surface area contributed by atoms with Gasteiger partial charge in [-0.25, -0.2) is 14.6 Å². The molecule has 2 aromatic carbocycles. The molecule has 240 valence electrons. The monoisotopic (exact) mass is 622 g/mol. The number of carboxylic acid groups (broad SMARTS) is 1. The number of carbonyl (C=O) groups excluding carboxylic acids is 2. The molecule has 0 unspecified atom stereocenters. The number of aromatic amines is 1. The van der Waals surface area contributed by atoms with Crippen molar-refractivity contribution in [3.05, 3.63) is 46.8 Å². The number of carboxylic acids is 1. The molecule has 45 heavy (non-hydrogen) atoms. The number of hydrogen-bond acceptors (Lipinski definition) is 9. The number of ether oxygens (including phenoxy) is 4. The molecule has 0 radical (unpaired) electrons. The highest BCUT2D eigenvalue weighted by atomic mass is 16.7. The largest absolute Gasteiger partial charge is 0.493 e. The summed E-state index contributed by atoms with van der Waals surface area (Å²) >= 11 is 0. The summed E-state index contributed by atoms with van der Waals surface area (Å²) in [5, 5.41) is 12.2. The molecule has 5 rings (SSSR count). The molecule has 2 amide bonds. The van der Waals surface area contributed by atoms with Gasteiger partial charge in [-0.15, -0.1) is 0 Å². The van der Waals surface area contributed by atoms with Crippen LogP contribution in [0.2, 0.25) is 0 Å². The van der Waals surface area contributed by atoms with E-state index in [1.807, 2.05) is 13.8 Å². The highest BCUT2D eigenvalue weighted by molar-refractivity contribution is 5.90. The summed E-state index contributed by atoms with van der Waals surface area (Å²) in [4.78, 5) is 59.4. The lowest BCUT2D eigenvalue weighted by molar-refractivity contribution is -0.150. The van der Waals surface area contributed by atoms with Gasteiger partial charge in [0.1, 0.15) is 30.1 Å². The third-order valence-corrected chi connectivity index (χ3v) is 7.71. The van der Waals surface area contributed by atoms with Crippen molar-refractivity contribution in [2.75, 3.05) is 26.6 Å². The van der Waals surface area contributed by atoms with Gasteiger partial charge in [0, 0.05) is 29.7 Å². The molecular formula is C32H38N4O9. The molecule has 13 heteroatoms. The fraction of sp³-hybridized carbons (Fsp3) is 0.469. The number of hydrogen-bond donors (Lipinski definition) is 3. The van der Waals surface area contributed by atoms with Crippen molar-refractivity contribution in [1.29, 1.82) is 0 Å². The SMILES string of the molecule is CC(C)(COC(=O)N[C@H](C(=O)N1CCC[C@H]1C(=O)O)C(C)(C)C)COc1cccc(-c2nc3cc4c(cc3[nH]c2=O)OCO4)c1. The Morgan fingerprint density at radius 2 is 1.84 bits per heavy atom. The van der Waals surface area contributed by atoms with Crippen molar-refractivity contribution < 1.29 is 38.4 Å². The smallest absolute Gasteiger partial charge is 0.407 e. The summed E-state index contributed by atoms with van der Waals surface area (Å²) in [7, 11) is 0. The topological polar surface area (TPSA) is 169 Å². The normalized spacial score (nSPS) is 16.8. The van der Waals surface area contributed by atoms with Crippen LogP contribution in [0, 0.1) is 10.8 Å². The molecule has 3 aromatic rings. The van der Waals surface area contributed by atoms with E-state index in [0.29, 0.717) is 53.2 Å². The second-order valence-electron chi connectivity index (χ2n) is 13.2. The zero-order chi connectivity index (χ0) is 32.5. The van der Waals surface area contributed by atoms with Crippen LogP contribution < -0.4 is 25.1 Å². The van der Waals surface area contributed by atoms with Crippen LogP contribution in [0.25, 0.3) is 22.3 Å². The molecule has 0 aliphatic carbocycles. The maximum absolute atomic E-state index is 13.3. The molecule has 0 saturated carbocycles. The van der Waals surface area contributed by atoms with Gasteiger partial charge in [-0.1, -0.05) is 46.8 Å². The predicted molar refractivity (Wildman–Crippen MR) is 163 cm³/mol. The number of nitrogens with one attached hydrogen (secondary N) is 2. The van der Waals surface area contributed by atoms with Gasteiger partial charge in [0.05, 0.1) is 17.6 Å². The zero-order valence-corrected chi connectivity index (χ0v) is 26.0. The summed E-state index contributed by atoms with van der Waals surface area (Å²) in [6.07, 6.45) is 0.179. The van der Waals surface area contributed by atoms with Gasteiger partial charge in [-0.2, -0.15) is 0 Å². The minimum Gasteiger partial charge on any atom is -0.493 e. The van der Waals surface area contributed by atoms with E-state index in [1.165, 1.54) is 4.90 Å². The van der Waals surface area contributed by atoms with Gasteiger partial charge in [0.15, 0.2) is 11.5 Å². The van der Waals surface area contributed by atoms with Crippen molar-refractivity contribution in [3.8, 4) is 28.5 Å². The molecule has 2 atom stereocenters. The minimum absolute atomic E-state index is 0.0208. The quantitative estimate of drug-likeness (QED) is 0.318. The van der Waals surface area contributed by atoms with Crippen LogP contribution in [0.15, 0.2) is 41.2 Å². The Morgan fingerprint density at radius 3 is 2.56 bits per heavy atom. The lowest BCUT2D eigenvalue weighted by Crippen LogP contribution is -2.56. The molecule has 3 heterocycles. The Morgan fingerprint density at radius 1 is 1.11 bits per heavy atom. The van der Waals surface area contributed by atoms with Gasteiger partial charge >= 0.3 is 12.1 Å². The Kier molecular flexibility index (Phi) is 8.63. The summed E-state index contributed by atoms with van der Waals surface area (Å²) in [5.41, 5.74) is 0.182. The van der Waals surface area contributed by atoms with Crippen LogP contribution >= 0.6 is 0 Å². The fourth-order valence-corrected chi connectivity index (χ4v) is 5.25. The molecule has 1 aromatic heterocycles. The van der Waals surface area contributed by atoms with Crippen molar-refractivity contribution in [2.24, 2.45) is 10.8 Å². The number of likely N-dealkylation sites (tertiary alicyclic amines) is 1. The molecule has 2 aliphatic rings. The summed E-state index contributed by atoms with van der Waals surface area (Å²) in [5.74, 6) is 0.0943. The first kappa shape index (κ1) is 31.6. The Balaban J connectivity index is 1.20. The van der Waals surface area contributed by atoms with E-state index < -0.39 is 40.9 Å². The van der Waals surface area contributed by atoms with Crippen LogP contribution in [0.1, 0.15) is 47.5 Å². The summed E-state index contributed by atoms with van der Waals surface area (Å²) < 4.78 is 22.3. The number of aromatic nitrogens is 2. The van der Waals surface area contributed by atoms with Crippen LogP contribution in [0.3, 0.4) is 0 Å². The summed E-state index contributed by atoms with van der Waals surface area (Å²) in [6.45, 7) is 9.69. The number of aliphatic carboxylic acids is 1. The maximum Gasteiger partial charge on any atom is 0.407 e. The number of nitrogens with zero attached hydrogens (tertiary/aromatic N) is 2. The average Bonchev–Trinajstić information content (AvgIpc) is 3.66. The highest BCUT2D eigenvalue weighted by Crippen LogP contribution is 2.35. The second kappa shape index (κ2) is 12.3. The lowest BCUT2D eigenvalue weighted by Gasteiger charge is -2.34. The van der Waals surface area contributed by atoms with E-state index >= 15 is 0 Å². The number of rotatable bonds is 9. The second-order valence-corrected chi connectivity index (χ2v) is 13.2. The van der Waals surface area contributed by atoms with Gasteiger partial charge in [-0.3, -0.25) is 9.59 Å². The average molecular weight is 623 g/mol. The van der Waals surface area contributed by atoms with Crippen LogP contribution in [0.4, 0.5) is 4.79 Å². The van der Waals surface area contributed by atoms with E-state index in [9.17, 15) is 24.3 Å². The Bertz CT molecular complexity index is 1680. The van der Waals surface area contributed by atoms with E-state index in [-0.39, 0.29) is 31.3 Å². The number of amides is 2. The first-order valence-electron chi connectivity index (χ1n) is 14.8. The number of carbonyl (C=O) groups is 3. The van der Waals surface area contributed by atoms with Crippen molar-refractivity contribution in [1.82, 2.24) is 20.2 Å². The van der Waals surface area contributed by atoms with Crippen LogP contribution in [-0.4, -0.2) is 76.6 Å². The molecule has 0 spiro atoms. The van der Waals surface area contributed by atoms with E-state index in [0.717, 1.165) is 0 Å².